The van der Waals surface area contributed by atoms with Gasteiger partial charge in [0.1, 0.15) is 0 Å². The smallest absolute Gasteiger partial charge is 1.00 e. The van der Waals surface area contributed by atoms with E-state index in [9.17, 15) is 0 Å². The van der Waals surface area contributed by atoms with Crippen LogP contribution in [0, 0.1) is 6.07 Å². The van der Waals surface area contributed by atoms with Crippen molar-refractivity contribution in [1.29, 1.82) is 0 Å². The van der Waals surface area contributed by atoms with E-state index in [1.54, 1.807) is 0 Å². The van der Waals surface area contributed by atoms with E-state index in [1.165, 1.54) is 38.5 Å². The molecule has 92 valence electrons. The first-order chi connectivity index (χ1) is 7.43. The zero-order valence-corrected chi connectivity index (χ0v) is 13.8. The van der Waals surface area contributed by atoms with Crippen molar-refractivity contribution in [2.75, 3.05) is 6.61 Å². The van der Waals surface area contributed by atoms with Gasteiger partial charge in [0.15, 0.2) is 0 Å². The molecule has 1 aromatic rings. The topological polar surface area (TPSA) is 9.23 Å². The summed E-state index contributed by atoms with van der Waals surface area (Å²) < 4.78 is 5.58. The van der Waals surface area contributed by atoms with Crippen LogP contribution in [0.1, 0.15) is 45.4 Å². The van der Waals surface area contributed by atoms with Crippen molar-refractivity contribution in [3.05, 3.63) is 30.3 Å². The van der Waals surface area contributed by atoms with Crippen LogP contribution in [-0.2, 0) is 0 Å². The molecule has 1 nitrogen and oxygen atoms in total. The van der Waals surface area contributed by atoms with Crippen LogP contribution >= 0.6 is 0 Å². The normalized spacial score (nSPS) is 9.00. The molecule has 1 aromatic carbocycles. The van der Waals surface area contributed by atoms with Crippen LogP contribution in [0.4, 0.5) is 0 Å². The summed E-state index contributed by atoms with van der Waals surface area (Å²) in [6.45, 7) is 3.08. The van der Waals surface area contributed by atoms with Gasteiger partial charge >= 0.3 is 23.1 Å². The maximum Gasteiger partial charge on any atom is 2.00 e. The second-order valence-electron chi connectivity index (χ2n) is 3.86. The minimum absolute atomic E-state index is 0. The van der Waals surface area contributed by atoms with Crippen LogP contribution in [0.15, 0.2) is 24.3 Å². The third-order valence-corrected chi connectivity index (χ3v) is 2.45. The van der Waals surface area contributed by atoms with E-state index in [-0.39, 0.29) is 40.0 Å². The molecule has 17 heavy (non-hydrogen) atoms. The van der Waals surface area contributed by atoms with Crippen LogP contribution < -0.4 is 21.7 Å². The van der Waals surface area contributed by atoms with E-state index in [4.69, 9.17) is 4.74 Å². The van der Waals surface area contributed by atoms with E-state index in [0.717, 1.165) is 12.4 Å². The van der Waals surface area contributed by atoms with Gasteiger partial charge < -0.3 is 21.7 Å². The summed E-state index contributed by atoms with van der Waals surface area (Å²) in [6.07, 6.45) is 7.85. The number of hydrogen-bond acceptors (Lipinski definition) is 1. The molecule has 0 aromatic heterocycles. The Morgan fingerprint density at radius 1 is 1.12 bits per heavy atom. The van der Waals surface area contributed by atoms with Crippen molar-refractivity contribution in [3.63, 3.8) is 0 Å². The number of ether oxygens (including phenoxy) is 1. The molecule has 1 rings (SSSR count). The quantitative estimate of drug-likeness (QED) is 0.393. The molecule has 0 bridgehead atoms. The predicted molar refractivity (Wildman–Crippen MR) is 69.9 cm³/mol. The van der Waals surface area contributed by atoms with Crippen LogP contribution in [0.2, 0.25) is 0 Å². The van der Waals surface area contributed by atoms with E-state index in [0.29, 0.717) is 0 Å². The summed E-state index contributed by atoms with van der Waals surface area (Å²) in [7, 11) is 0. The molecule has 0 unspecified atom stereocenters. The second-order valence-corrected chi connectivity index (χ2v) is 3.86. The Morgan fingerprint density at radius 2 is 1.82 bits per heavy atom. The van der Waals surface area contributed by atoms with Crippen molar-refractivity contribution in [1.82, 2.24) is 0 Å². The van der Waals surface area contributed by atoms with Crippen LogP contribution in [0.25, 0.3) is 0 Å². The number of halogens is 1. The minimum Gasteiger partial charge on any atom is -1.00 e. The van der Waals surface area contributed by atoms with E-state index >= 15 is 0 Å². The van der Waals surface area contributed by atoms with Gasteiger partial charge in [0, 0.05) is 5.75 Å². The Labute approximate surface area is 132 Å². The first-order valence-corrected chi connectivity index (χ1v) is 6.02. The van der Waals surface area contributed by atoms with Crippen molar-refractivity contribution in [3.8, 4) is 5.75 Å². The van der Waals surface area contributed by atoms with E-state index < -0.39 is 0 Å². The first kappa shape index (κ1) is 19.6. The standard InChI is InChI=1S/C14H21O.BrH.Mg/c1-2-3-4-5-6-10-13-15-14-11-8-7-9-12-14;;/h7-8,11-12H,2-6,10,13H2,1H3;1H;/q-1;;+2/p-1. The maximum absolute atomic E-state index is 5.58. The molecule has 0 N–H and O–H groups in total. The fourth-order valence-corrected chi connectivity index (χ4v) is 1.54. The molecule has 0 aliphatic rings. The van der Waals surface area contributed by atoms with Crippen LogP contribution in [-0.4, -0.2) is 29.7 Å². The molecule has 0 saturated carbocycles. The van der Waals surface area contributed by atoms with Gasteiger partial charge in [-0.3, -0.25) is 0 Å². The van der Waals surface area contributed by atoms with Gasteiger partial charge in [0.25, 0.3) is 0 Å². The van der Waals surface area contributed by atoms with Crippen LogP contribution in [0.3, 0.4) is 0 Å². The Balaban J connectivity index is 0. The Bertz CT molecular complexity index is 241. The van der Waals surface area contributed by atoms with Gasteiger partial charge in [0.2, 0.25) is 0 Å². The number of rotatable bonds is 8. The average Bonchev–Trinajstić information content (AvgIpc) is 2.29. The molecule has 3 heteroatoms. The molecule has 0 fully saturated rings. The van der Waals surface area contributed by atoms with E-state index in [2.05, 4.69) is 13.0 Å². The maximum atomic E-state index is 5.58. The number of unbranched alkanes of at least 4 members (excludes halogenated alkanes) is 5. The summed E-state index contributed by atoms with van der Waals surface area (Å²) in [4.78, 5) is 0. The molecule has 0 spiro atoms. The third-order valence-electron chi connectivity index (χ3n) is 2.45. The molecule has 0 atom stereocenters. The Kier molecular flexibility index (Phi) is 16.5. The average molecular weight is 310 g/mol. The molecule has 0 saturated heterocycles. The summed E-state index contributed by atoms with van der Waals surface area (Å²) in [6, 6.07) is 10.7. The fourth-order valence-electron chi connectivity index (χ4n) is 1.54. The van der Waals surface area contributed by atoms with Crippen molar-refractivity contribution in [2.24, 2.45) is 0 Å². The number of benzene rings is 1. The zero-order valence-electron chi connectivity index (χ0n) is 10.8. The Morgan fingerprint density at radius 3 is 2.47 bits per heavy atom. The SMILES string of the molecule is CCCCCCCCOc1c[c-]ccc1.[Br-].[Mg+2]. The first-order valence-electron chi connectivity index (χ1n) is 6.02. The van der Waals surface area contributed by atoms with Crippen molar-refractivity contribution >= 4 is 23.1 Å². The van der Waals surface area contributed by atoms with Gasteiger partial charge in [-0.25, -0.2) is 0 Å². The molecule has 0 aliphatic carbocycles. The molecular weight excluding hydrogens is 288 g/mol. The van der Waals surface area contributed by atoms with Gasteiger partial charge in [-0.05, 0) is 6.42 Å². The summed E-state index contributed by atoms with van der Waals surface area (Å²) >= 11 is 0. The third kappa shape index (κ3) is 11.1. The minimum atomic E-state index is 0. The molecule has 0 amide bonds. The largest absolute Gasteiger partial charge is 2.00 e. The molecule has 0 heterocycles. The Hall–Kier alpha value is 0.266. The zero-order chi connectivity index (χ0) is 10.8. The predicted octanol–water partition coefficient (Wildman–Crippen LogP) is 0.849. The van der Waals surface area contributed by atoms with Crippen molar-refractivity contribution < 1.29 is 21.7 Å². The summed E-state index contributed by atoms with van der Waals surface area (Å²) in [5.74, 6) is 0.936. The van der Waals surface area contributed by atoms with Gasteiger partial charge in [-0.15, -0.1) is 12.1 Å². The van der Waals surface area contributed by atoms with Gasteiger partial charge in [-0.2, -0.15) is 18.2 Å². The molecule has 0 radical (unpaired) electrons. The fraction of sp³-hybridized carbons (Fsp3) is 0.571. The van der Waals surface area contributed by atoms with E-state index in [1.807, 2.05) is 24.3 Å². The van der Waals surface area contributed by atoms with Crippen molar-refractivity contribution in [2.45, 2.75) is 45.4 Å². The molecular formula is C14H21BrMgO. The summed E-state index contributed by atoms with van der Waals surface area (Å²) in [5.41, 5.74) is 0. The molecule has 0 aliphatic heterocycles. The van der Waals surface area contributed by atoms with Gasteiger partial charge in [-0.1, -0.05) is 39.0 Å². The second kappa shape index (κ2) is 14.3. The van der Waals surface area contributed by atoms with Gasteiger partial charge in [0.05, 0.1) is 6.61 Å². The summed E-state index contributed by atoms with van der Waals surface area (Å²) in [5, 5.41) is 0. The monoisotopic (exact) mass is 308 g/mol. The number of hydrogen-bond donors (Lipinski definition) is 0. The van der Waals surface area contributed by atoms with Crippen LogP contribution in [0.5, 0.6) is 5.75 Å².